The minimum atomic E-state index is -0.0612. The van der Waals surface area contributed by atoms with Crippen molar-refractivity contribution in [3.63, 3.8) is 0 Å². The lowest BCUT2D eigenvalue weighted by Gasteiger charge is -1.97. The molecule has 1 N–H and O–H groups in total. The molecule has 0 aliphatic heterocycles. The van der Waals surface area contributed by atoms with Crippen LogP contribution in [0.5, 0.6) is 0 Å². The predicted octanol–water partition coefficient (Wildman–Crippen LogP) is 0.153. The average molecular weight is 192 g/mol. The maximum atomic E-state index is 11.1. The number of aryl methyl sites for hydroxylation is 3. The molecule has 0 radical (unpaired) electrons. The lowest BCUT2D eigenvalue weighted by molar-refractivity contribution is 0.671. The Morgan fingerprint density at radius 3 is 3.00 bits per heavy atom. The second-order valence-corrected chi connectivity index (χ2v) is 3.23. The second-order valence-electron chi connectivity index (χ2n) is 3.23. The Hall–Kier alpha value is -1.78. The summed E-state index contributed by atoms with van der Waals surface area (Å²) in [6.45, 7) is 0.689. The number of nitrogens with zero attached hydrogens (tertiary/aromatic N) is 3. The van der Waals surface area contributed by atoms with Crippen LogP contribution in [0.2, 0.25) is 0 Å². The van der Waals surface area contributed by atoms with Gasteiger partial charge < -0.3 is 4.98 Å². The van der Waals surface area contributed by atoms with Crippen LogP contribution in [0.4, 0.5) is 0 Å². The van der Waals surface area contributed by atoms with Crippen LogP contribution in [0.15, 0.2) is 29.6 Å². The minimum Gasteiger partial charge on any atom is -0.313 e. The number of aromatic amines is 1. The summed E-state index contributed by atoms with van der Waals surface area (Å²) in [5.41, 5.74) is 1.08. The van der Waals surface area contributed by atoms with Gasteiger partial charge in [-0.2, -0.15) is 5.10 Å². The summed E-state index contributed by atoms with van der Waals surface area (Å²) in [6.07, 6.45) is 7.99. The zero-order chi connectivity index (χ0) is 9.97. The molecule has 0 saturated heterocycles. The van der Waals surface area contributed by atoms with Crippen LogP contribution in [0.25, 0.3) is 0 Å². The van der Waals surface area contributed by atoms with Crippen LogP contribution < -0.4 is 5.69 Å². The Morgan fingerprint density at radius 2 is 2.43 bits per heavy atom. The summed E-state index contributed by atoms with van der Waals surface area (Å²) < 4.78 is 3.40. The van der Waals surface area contributed by atoms with Crippen LogP contribution in [-0.4, -0.2) is 19.3 Å². The first kappa shape index (κ1) is 8.80. The third-order valence-electron chi connectivity index (χ3n) is 2.12. The molecule has 74 valence electrons. The van der Waals surface area contributed by atoms with E-state index in [2.05, 4.69) is 10.1 Å². The van der Waals surface area contributed by atoms with E-state index in [-0.39, 0.29) is 5.69 Å². The van der Waals surface area contributed by atoms with E-state index in [1.807, 2.05) is 19.4 Å². The zero-order valence-corrected chi connectivity index (χ0v) is 7.97. The zero-order valence-electron chi connectivity index (χ0n) is 7.97. The first-order valence-corrected chi connectivity index (χ1v) is 4.47. The number of nitrogens with one attached hydrogen (secondary N) is 1. The number of H-pyrrole nitrogens is 1. The molecule has 2 rings (SSSR count). The van der Waals surface area contributed by atoms with E-state index in [4.69, 9.17) is 0 Å². The third kappa shape index (κ3) is 1.76. The second kappa shape index (κ2) is 3.53. The highest BCUT2D eigenvalue weighted by Gasteiger charge is 1.98. The Labute approximate surface area is 81.0 Å². The van der Waals surface area contributed by atoms with Crippen molar-refractivity contribution in [2.75, 3.05) is 0 Å². The molecule has 0 amide bonds. The average Bonchev–Trinajstić information content (AvgIpc) is 2.72. The van der Waals surface area contributed by atoms with Gasteiger partial charge in [0.1, 0.15) is 0 Å². The van der Waals surface area contributed by atoms with E-state index < -0.39 is 0 Å². The highest BCUT2D eigenvalue weighted by molar-refractivity contribution is 5.03. The Kier molecular flexibility index (Phi) is 2.22. The molecule has 5 nitrogen and oxygen atoms in total. The summed E-state index contributed by atoms with van der Waals surface area (Å²) in [5.74, 6) is 0. The lowest BCUT2D eigenvalue weighted by Crippen LogP contribution is -2.17. The fourth-order valence-corrected chi connectivity index (χ4v) is 1.38. The molecular formula is C9H12N4O. The summed E-state index contributed by atoms with van der Waals surface area (Å²) in [7, 11) is 1.88. The van der Waals surface area contributed by atoms with Crippen molar-refractivity contribution in [3.8, 4) is 0 Å². The van der Waals surface area contributed by atoms with Gasteiger partial charge in [0.05, 0.1) is 6.20 Å². The highest BCUT2D eigenvalue weighted by Crippen LogP contribution is 1.98. The molecule has 2 aromatic rings. The molecule has 0 fully saturated rings. The Bertz CT molecular complexity index is 465. The fourth-order valence-electron chi connectivity index (χ4n) is 1.38. The Balaban J connectivity index is 2.01. The van der Waals surface area contributed by atoms with Crippen LogP contribution in [-0.2, 0) is 20.0 Å². The van der Waals surface area contributed by atoms with Crippen molar-refractivity contribution in [3.05, 3.63) is 40.8 Å². The molecule has 0 unspecified atom stereocenters. The van der Waals surface area contributed by atoms with E-state index in [1.54, 1.807) is 21.6 Å². The molecule has 0 aliphatic rings. The van der Waals surface area contributed by atoms with Crippen LogP contribution in [0.3, 0.4) is 0 Å². The SMILES string of the molecule is Cn1cc(CCn2cc[nH]c2=O)cn1. The van der Waals surface area contributed by atoms with E-state index in [0.29, 0.717) is 6.54 Å². The first-order chi connectivity index (χ1) is 6.75. The van der Waals surface area contributed by atoms with Crippen molar-refractivity contribution in [2.24, 2.45) is 7.05 Å². The van der Waals surface area contributed by atoms with Gasteiger partial charge in [0, 0.05) is 32.2 Å². The van der Waals surface area contributed by atoms with E-state index in [0.717, 1.165) is 12.0 Å². The number of hydrogen-bond donors (Lipinski definition) is 1. The largest absolute Gasteiger partial charge is 0.325 e. The highest BCUT2D eigenvalue weighted by atomic mass is 16.1. The van der Waals surface area contributed by atoms with Gasteiger partial charge in [-0.15, -0.1) is 0 Å². The first-order valence-electron chi connectivity index (χ1n) is 4.47. The molecule has 5 heteroatoms. The van der Waals surface area contributed by atoms with E-state index >= 15 is 0 Å². The molecule has 0 aromatic carbocycles. The third-order valence-corrected chi connectivity index (χ3v) is 2.12. The van der Waals surface area contributed by atoms with Gasteiger partial charge in [0.15, 0.2) is 0 Å². The van der Waals surface area contributed by atoms with Crippen LogP contribution >= 0.6 is 0 Å². The monoisotopic (exact) mass is 192 g/mol. The molecule has 2 aromatic heterocycles. The van der Waals surface area contributed by atoms with Crippen molar-refractivity contribution in [1.82, 2.24) is 19.3 Å². The van der Waals surface area contributed by atoms with Crippen molar-refractivity contribution in [2.45, 2.75) is 13.0 Å². The minimum absolute atomic E-state index is 0.0612. The summed E-state index contributed by atoms with van der Waals surface area (Å²) in [5, 5.41) is 4.06. The normalized spacial score (nSPS) is 10.6. The molecule has 14 heavy (non-hydrogen) atoms. The van der Waals surface area contributed by atoms with Crippen molar-refractivity contribution >= 4 is 0 Å². The van der Waals surface area contributed by atoms with Crippen molar-refractivity contribution in [1.29, 1.82) is 0 Å². The van der Waals surface area contributed by atoms with Gasteiger partial charge in [0.25, 0.3) is 0 Å². The molecule has 2 heterocycles. The molecule has 0 spiro atoms. The van der Waals surface area contributed by atoms with Gasteiger partial charge >= 0.3 is 5.69 Å². The van der Waals surface area contributed by atoms with E-state index in [9.17, 15) is 4.79 Å². The van der Waals surface area contributed by atoms with Gasteiger partial charge in [-0.05, 0) is 12.0 Å². The van der Waals surface area contributed by atoms with Gasteiger partial charge in [-0.25, -0.2) is 4.79 Å². The van der Waals surface area contributed by atoms with E-state index in [1.165, 1.54) is 0 Å². The number of rotatable bonds is 3. The number of hydrogen-bond acceptors (Lipinski definition) is 2. The van der Waals surface area contributed by atoms with Gasteiger partial charge in [-0.3, -0.25) is 9.25 Å². The summed E-state index contributed by atoms with van der Waals surface area (Å²) in [6, 6.07) is 0. The van der Waals surface area contributed by atoms with Gasteiger partial charge in [-0.1, -0.05) is 0 Å². The molecule has 0 bridgehead atoms. The predicted molar refractivity (Wildman–Crippen MR) is 52.0 cm³/mol. The fraction of sp³-hybridized carbons (Fsp3) is 0.333. The summed E-state index contributed by atoms with van der Waals surface area (Å²) >= 11 is 0. The molecule has 0 atom stereocenters. The molecular weight excluding hydrogens is 180 g/mol. The molecule has 0 aliphatic carbocycles. The van der Waals surface area contributed by atoms with Gasteiger partial charge in [0.2, 0.25) is 0 Å². The quantitative estimate of drug-likeness (QED) is 0.752. The standard InChI is InChI=1S/C9H12N4O/c1-12-7-8(6-11-12)2-4-13-5-3-10-9(13)14/h3,5-7H,2,4H2,1H3,(H,10,14). The van der Waals surface area contributed by atoms with Crippen LogP contribution in [0.1, 0.15) is 5.56 Å². The summed E-state index contributed by atoms with van der Waals surface area (Å²) in [4.78, 5) is 13.7. The number of aromatic nitrogens is 4. The lowest BCUT2D eigenvalue weighted by atomic mass is 10.2. The van der Waals surface area contributed by atoms with Crippen molar-refractivity contribution < 1.29 is 0 Å². The smallest absolute Gasteiger partial charge is 0.313 e. The topological polar surface area (TPSA) is 55.6 Å². The van der Waals surface area contributed by atoms with Crippen LogP contribution in [0, 0.1) is 0 Å². The Morgan fingerprint density at radius 1 is 1.57 bits per heavy atom. The maximum absolute atomic E-state index is 11.1. The number of imidazole rings is 1. The molecule has 0 saturated carbocycles. The maximum Gasteiger partial charge on any atom is 0.325 e.